The van der Waals surface area contributed by atoms with E-state index in [2.05, 4.69) is 24.8 Å². The van der Waals surface area contributed by atoms with Gasteiger partial charge in [-0.25, -0.2) is 0 Å². The molecule has 1 aromatic rings. The van der Waals surface area contributed by atoms with Crippen LogP contribution in [0.1, 0.15) is 45.1 Å². The number of aliphatic hydroxyl groups is 1. The summed E-state index contributed by atoms with van der Waals surface area (Å²) in [6.07, 6.45) is 3.87. The molecule has 1 aliphatic rings. The fourth-order valence-electron chi connectivity index (χ4n) is 3.11. The molecule has 0 heterocycles. The van der Waals surface area contributed by atoms with Crippen molar-refractivity contribution in [3.05, 3.63) is 29.8 Å². The Kier molecular flexibility index (Phi) is 7.06. The van der Waals surface area contributed by atoms with E-state index in [0.717, 1.165) is 44.5 Å². The molecule has 1 aliphatic carbocycles. The van der Waals surface area contributed by atoms with E-state index in [9.17, 15) is 10.2 Å². The molecule has 2 rings (SSSR count). The highest BCUT2D eigenvalue weighted by Crippen LogP contribution is 2.25. The zero-order chi connectivity index (χ0) is 15.9. The average molecular weight is 324 g/mol. The number of benzene rings is 1. The van der Waals surface area contributed by atoms with Crippen molar-refractivity contribution in [1.29, 1.82) is 0 Å². The summed E-state index contributed by atoms with van der Waals surface area (Å²) in [6.45, 7) is 6.43. The minimum atomic E-state index is -0.107. The van der Waals surface area contributed by atoms with Crippen LogP contribution in [-0.4, -0.2) is 44.8 Å². The lowest BCUT2D eigenvalue weighted by Crippen LogP contribution is -2.40. The van der Waals surface area contributed by atoms with Gasteiger partial charge in [0, 0.05) is 24.9 Å². The molecule has 124 valence electrons. The van der Waals surface area contributed by atoms with Gasteiger partial charge >= 0.3 is 0 Å². The fourth-order valence-corrected chi connectivity index (χ4v) is 3.92. The Morgan fingerprint density at radius 2 is 1.95 bits per heavy atom. The van der Waals surface area contributed by atoms with Crippen LogP contribution in [0.3, 0.4) is 0 Å². The first-order valence-electron chi connectivity index (χ1n) is 8.36. The largest absolute Gasteiger partial charge is 0.508 e. The van der Waals surface area contributed by atoms with Crippen molar-refractivity contribution in [2.24, 2.45) is 0 Å². The molecule has 0 saturated heterocycles. The van der Waals surface area contributed by atoms with Crippen LogP contribution in [0.5, 0.6) is 5.75 Å². The number of aromatic hydroxyl groups is 1. The third-order valence-electron chi connectivity index (χ3n) is 4.31. The molecule has 2 N–H and O–H groups in total. The van der Waals surface area contributed by atoms with E-state index in [-0.39, 0.29) is 6.10 Å². The summed E-state index contributed by atoms with van der Waals surface area (Å²) in [6, 6.07) is 8.13. The van der Waals surface area contributed by atoms with Gasteiger partial charge in [0.2, 0.25) is 0 Å². The molecule has 22 heavy (non-hydrogen) atoms. The van der Waals surface area contributed by atoms with Gasteiger partial charge in [-0.3, -0.25) is 4.90 Å². The molecule has 1 fully saturated rings. The second kappa shape index (κ2) is 8.80. The van der Waals surface area contributed by atoms with E-state index < -0.39 is 0 Å². The Hall–Kier alpha value is -0.710. The highest BCUT2D eigenvalue weighted by Gasteiger charge is 2.24. The smallest absolute Gasteiger partial charge is 0.115 e. The topological polar surface area (TPSA) is 43.7 Å². The van der Waals surface area contributed by atoms with Crippen molar-refractivity contribution in [3.8, 4) is 5.75 Å². The molecule has 1 aromatic carbocycles. The van der Waals surface area contributed by atoms with E-state index in [1.54, 1.807) is 6.07 Å². The van der Waals surface area contributed by atoms with Crippen molar-refractivity contribution >= 4 is 11.8 Å². The maximum atomic E-state index is 9.73. The van der Waals surface area contributed by atoms with Gasteiger partial charge in [-0.2, -0.15) is 11.8 Å². The Morgan fingerprint density at radius 3 is 2.59 bits per heavy atom. The molecule has 0 aliphatic heterocycles. The van der Waals surface area contributed by atoms with Crippen LogP contribution >= 0.6 is 11.8 Å². The van der Waals surface area contributed by atoms with Crippen LogP contribution in [0.4, 0.5) is 0 Å². The second-order valence-corrected chi connectivity index (χ2v) is 8.21. The molecular formula is C18H29NO2S. The molecule has 0 radical (unpaired) electrons. The van der Waals surface area contributed by atoms with E-state index in [1.165, 1.54) is 5.56 Å². The minimum Gasteiger partial charge on any atom is -0.508 e. The first-order chi connectivity index (χ1) is 10.5. The highest BCUT2D eigenvalue weighted by molar-refractivity contribution is 7.99. The summed E-state index contributed by atoms with van der Waals surface area (Å²) in [5, 5.41) is 20.1. The van der Waals surface area contributed by atoms with Crippen LogP contribution in [0.15, 0.2) is 24.3 Å². The van der Waals surface area contributed by atoms with E-state index in [0.29, 0.717) is 17.0 Å². The summed E-state index contributed by atoms with van der Waals surface area (Å²) in [5.41, 5.74) is 1.17. The number of phenolic OH excluding ortho intramolecular Hbond substituents is 1. The van der Waals surface area contributed by atoms with Crippen molar-refractivity contribution < 1.29 is 10.2 Å². The summed E-state index contributed by atoms with van der Waals surface area (Å²) in [7, 11) is 0. The van der Waals surface area contributed by atoms with Gasteiger partial charge < -0.3 is 10.2 Å². The van der Waals surface area contributed by atoms with Crippen LogP contribution in [0, 0.1) is 0 Å². The number of rotatable bonds is 7. The minimum absolute atomic E-state index is 0.107. The predicted octanol–water partition coefficient (Wildman–Crippen LogP) is 3.64. The van der Waals surface area contributed by atoms with E-state index in [1.807, 2.05) is 23.9 Å². The van der Waals surface area contributed by atoms with Gasteiger partial charge in [0.15, 0.2) is 0 Å². The maximum Gasteiger partial charge on any atom is 0.115 e. The van der Waals surface area contributed by atoms with Gasteiger partial charge in [-0.15, -0.1) is 0 Å². The lowest BCUT2D eigenvalue weighted by Gasteiger charge is -2.36. The molecule has 0 amide bonds. The van der Waals surface area contributed by atoms with E-state index >= 15 is 0 Å². The number of nitrogens with zero attached hydrogens (tertiary/aromatic N) is 1. The van der Waals surface area contributed by atoms with Crippen molar-refractivity contribution in [1.82, 2.24) is 4.90 Å². The van der Waals surface area contributed by atoms with E-state index in [4.69, 9.17) is 0 Å². The third-order valence-corrected chi connectivity index (χ3v) is 5.39. The van der Waals surface area contributed by atoms with Crippen LogP contribution in [-0.2, 0) is 6.54 Å². The molecule has 1 saturated carbocycles. The molecular weight excluding hydrogens is 294 g/mol. The zero-order valence-electron chi connectivity index (χ0n) is 13.7. The number of hydrogen-bond acceptors (Lipinski definition) is 4. The molecule has 0 atom stereocenters. The normalized spacial score (nSPS) is 22.4. The van der Waals surface area contributed by atoms with Crippen molar-refractivity contribution in [2.75, 3.05) is 12.3 Å². The first kappa shape index (κ1) is 17.6. The zero-order valence-corrected chi connectivity index (χ0v) is 14.6. The number of aliphatic hydroxyl groups excluding tert-OH is 1. The van der Waals surface area contributed by atoms with Gasteiger partial charge in [0.05, 0.1) is 6.10 Å². The Labute approximate surface area is 138 Å². The Balaban J connectivity index is 1.97. The quantitative estimate of drug-likeness (QED) is 0.804. The molecule has 3 nitrogen and oxygen atoms in total. The van der Waals surface area contributed by atoms with Gasteiger partial charge in [0.25, 0.3) is 0 Å². The summed E-state index contributed by atoms with van der Waals surface area (Å²) in [5.74, 6) is 1.48. The lowest BCUT2D eigenvalue weighted by atomic mass is 9.91. The monoisotopic (exact) mass is 323 g/mol. The second-order valence-electron chi connectivity index (χ2n) is 6.52. The Morgan fingerprint density at radius 1 is 1.23 bits per heavy atom. The molecule has 4 heteroatoms. The van der Waals surface area contributed by atoms with Crippen molar-refractivity contribution in [3.63, 3.8) is 0 Å². The first-order valence-corrected chi connectivity index (χ1v) is 9.41. The SMILES string of the molecule is CC(C)SCCN(Cc1cccc(O)c1)C1CCC(O)CC1. The molecule has 0 bridgehead atoms. The predicted molar refractivity (Wildman–Crippen MR) is 94.4 cm³/mol. The van der Waals surface area contributed by atoms with Gasteiger partial charge in [0.1, 0.15) is 5.75 Å². The molecule has 0 spiro atoms. The van der Waals surface area contributed by atoms with Crippen molar-refractivity contribution in [2.45, 2.75) is 63.5 Å². The van der Waals surface area contributed by atoms with Crippen LogP contribution in [0.25, 0.3) is 0 Å². The summed E-state index contributed by atoms with van der Waals surface area (Å²) in [4.78, 5) is 2.54. The highest BCUT2D eigenvalue weighted by atomic mass is 32.2. The fraction of sp³-hybridized carbons (Fsp3) is 0.667. The van der Waals surface area contributed by atoms with Crippen LogP contribution < -0.4 is 0 Å². The summed E-state index contributed by atoms with van der Waals surface area (Å²) < 4.78 is 0. The van der Waals surface area contributed by atoms with Gasteiger partial charge in [-0.1, -0.05) is 26.0 Å². The maximum absolute atomic E-state index is 9.73. The molecule has 0 aromatic heterocycles. The van der Waals surface area contributed by atoms with Crippen LogP contribution in [0.2, 0.25) is 0 Å². The number of hydrogen-bond donors (Lipinski definition) is 2. The Bertz CT molecular complexity index is 444. The molecule has 0 unspecified atom stereocenters. The van der Waals surface area contributed by atoms with Gasteiger partial charge in [-0.05, 0) is 48.6 Å². The average Bonchev–Trinajstić information content (AvgIpc) is 2.47. The lowest BCUT2D eigenvalue weighted by molar-refractivity contribution is 0.0732. The standard InChI is InChI=1S/C18H29NO2S/c1-14(2)22-11-10-19(16-6-8-17(20)9-7-16)13-15-4-3-5-18(21)12-15/h3-5,12,14,16-17,20-21H,6-11,13H2,1-2H3. The number of phenols is 1. The number of thioether (sulfide) groups is 1. The third kappa shape index (κ3) is 5.82. The summed E-state index contributed by atoms with van der Waals surface area (Å²) >= 11 is 2.00.